The fourth-order valence-electron chi connectivity index (χ4n) is 1.66. The molecule has 0 amide bonds. The highest BCUT2D eigenvalue weighted by Gasteiger charge is 2.45. The summed E-state index contributed by atoms with van der Waals surface area (Å²) < 4.78 is 15.2. The fraction of sp³-hybridized carbons (Fsp3) is 1.00. The first kappa shape index (κ1) is 12.8. The SMILES string of the molecule is CO[C@@H]1OC(C)[C@@H](OC)[C@H](O)C1OO[O-]. The summed E-state index contributed by atoms with van der Waals surface area (Å²) in [5.41, 5.74) is 0. The van der Waals surface area contributed by atoms with Crippen LogP contribution in [0.25, 0.3) is 0 Å². The van der Waals surface area contributed by atoms with Gasteiger partial charge in [-0.3, -0.25) is 5.04 Å². The number of hydrogen-bond acceptors (Lipinski definition) is 7. The maximum Gasteiger partial charge on any atom is 0.189 e. The van der Waals surface area contributed by atoms with Gasteiger partial charge in [0.2, 0.25) is 0 Å². The maximum atomic E-state index is 9.90. The van der Waals surface area contributed by atoms with Crippen molar-refractivity contribution in [3.05, 3.63) is 0 Å². The second kappa shape index (κ2) is 5.71. The normalized spacial score (nSPS) is 41.8. The molecule has 1 aliphatic heterocycles. The van der Waals surface area contributed by atoms with Crippen LogP contribution in [-0.4, -0.2) is 50.0 Å². The fourth-order valence-corrected chi connectivity index (χ4v) is 1.66. The summed E-state index contributed by atoms with van der Waals surface area (Å²) in [6.45, 7) is 1.72. The Morgan fingerprint density at radius 3 is 2.33 bits per heavy atom. The largest absolute Gasteiger partial charge is 0.692 e. The van der Waals surface area contributed by atoms with Crippen LogP contribution in [0.2, 0.25) is 0 Å². The van der Waals surface area contributed by atoms with Crippen LogP contribution in [0.4, 0.5) is 0 Å². The zero-order chi connectivity index (χ0) is 11.4. The van der Waals surface area contributed by atoms with Gasteiger partial charge in [-0.05, 0) is 6.92 Å². The summed E-state index contributed by atoms with van der Waals surface area (Å²) >= 11 is 0. The Hall–Kier alpha value is -0.280. The number of rotatable bonds is 4. The summed E-state index contributed by atoms with van der Waals surface area (Å²) in [5.74, 6) is 0. The van der Waals surface area contributed by atoms with Crippen LogP contribution >= 0.6 is 0 Å². The molecule has 0 aromatic heterocycles. The summed E-state index contributed by atoms with van der Waals surface area (Å²) in [7, 11) is 2.80. The molecule has 0 bridgehead atoms. The van der Waals surface area contributed by atoms with E-state index >= 15 is 0 Å². The molecule has 1 fully saturated rings. The Balaban J connectivity index is 2.72. The molecule has 0 aromatic rings. The predicted molar refractivity (Wildman–Crippen MR) is 44.1 cm³/mol. The highest BCUT2D eigenvalue weighted by atomic mass is 17.5. The maximum absolute atomic E-state index is 9.90. The molecule has 0 radical (unpaired) electrons. The Morgan fingerprint density at radius 1 is 1.20 bits per heavy atom. The molecular formula is C8H15O7-. The van der Waals surface area contributed by atoms with E-state index in [2.05, 4.69) is 9.93 Å². The Morgan fingerprint density at radius 2 is 1.87 bits per heavy atom. The zero-order valence-electron chi connectivity index (χ0n) is 8.78. The summed E-state index contributed by atoms with van der Waals surface area (Å²) in [6, 6.07) is 0. The van der Waals surface area contributed by atoms with Gasteiger partial charge >= 0.3 is 0 Å². The minimum atomic E-state index is -1.06. The monoisotopic (exact) mass is 223 g/mol. The number of aliphatic hydroxyl groups is 1. The molecule has 5 atom stereocenters. The molecule has 1 saturated heterocycles. The van der Waals surface area contributed by atoms with E-state index in [0.717, 1.165) is 0 Å². The number of hydrogen-bond donors (Lipinski definition) is 1. The number of methoxy groups -OCH3 is 2. The zero-order valence-corrected chi connectivity index (χ0v) is 8.78. The van der Waals surface area contributed by atoms with Crippen molar-refractivity contribution in [3.63, 3.8) is 0 Å². The molecule has 7 heteroatoms. The third kappa shape index (κ3) is 2.64. The van der Waals surface area contributed by atoms with Crippen LogP contribution in [-0.2, 0) is 24.1 Å². The van der Waals surface area contributed by atoms with Crippen LogP contribution in [0.1, 0.15) is 6.92 Å². The summed E-state index contributed by atoms with van der Waals surface area (Å²) in [4.78, 5) is 4.34. The third-order valence-electron chi connectivity index (χ3n) is 2.41. The van der Waals surface area contributed by atoms with E-state index in [-0.39, 0.29) is 6.10 Å². The van der Waals surface area contributed by atoms with Crippen molar-refractivity contribution >= 4 is 0 Å². The van der Waals surface area contributed by atoms with Crippen LogP contribution in [0.3, 0.4) is 0 Å². The Bertz CT molecular complexity index is 188. The van der Waals surface area contributed by atoms with Gasteiger partial charge in [-0.15, -0.1) is 0 Å². The Kier molecular flexibility index (Phi) is 4.87. The van der Waals surface area contributed by atoms with Gasteiger partial charge in [0.25, 0.3) is 0 Å². The van der Waals surface area contributed by atoms with Crippen LogP contribution in [0.5, 0.6) is 0 Å². The minimum Gasteiger partial charge on any atom is -0.692 e. The summed E-state index contributed by atoms with van der Waals surface area (Å²) in [6.07, 6.45) is -3.93. The van der Waals surface area contributed by atoms with Gasteiger partial charge in [-0.2, -0.15) is 0 Å². The highest BCUT2D eigenvalue weighted by Crippen LogP contribution is 2.25. The van der Waals surface area contributed by atoms with E-state index in [1.54, 1.807) is 6.92 Å². The third-order valence-corrected chi connectivity index (χ3v) is 2.41. The van der Waals surface area contributed by atoms with E-state index in [9.17, 15) is 10.4 Å². The van der Waals surface area contributed by atoms with Crippen molar-refractivity contribution in [2.75, 3.05) is 14.2 Å². The van der Waals surface area contributed by atoms with Crippen molar-refractivity contribution in [2.45, 2.75) is 37.6 Å². The van der Waals surface area contributed by atoms with Crippen molar-refractivity contribution in [3.8, 4) is 0 Å². The topological polar surface area (TPSA) is 89.4 Å². The molecule has 1 N–H and O–H groups in total. The predicted octanol–water partition coefficient (Wildman–Crippen LogP) is -1.65. The van der Waals surface area contributed by atoms with Gasteiger partial charge in [-0.1, -0.05) is 0 Å². The number of aliphatic hydroxyl groups excluding tert-OH is 1. The first-order valence-electron chi connectivity index (χ1n) is 4.50. The molecular weight excluding hydrogens is 208 g/mol. The lowest BCUT2D eigenvalue weighted by atomic mass is 10.00. The second-order valence-corrected chi connectivity index (χ2v) is 3.27. The van der Waals surface area contributed by atoms with Crippen molar-refractivity contribution < 1.29 is 34.5 Å². The van der Waals surface area contributed by atoms with Gasteiger partial charge in [0, 0.05) is 14.2 Å². The van der Waals surface area contributed by atoms with Gasteiger partial charge < -0.3 is 24.6 Å². The molecule has 7 nitrogen and oxygen atoms in total. The average Bonchev–Trinajstić information content (AvgIpc) is 2.22. The lowest BCUT2D eigenvalue weighted by Gasteiger charge is -2.41. The molecule has 0 aromatic carbocycles. The Labute approximate surface area is 87.3 Å². The van der Waals surface area contributed by atoms with Gasteiger partial charge in [0.05, 0.1) is 6.10 Å². The molecule has 1 rings (SSSR count). The quantitative estimate of drug-likeness (QED) is 0.451. The van der Waals surface area contributed by atoms with Crippen LogP contribution < -0.4 is 5.26 Å². The molecule has 90 valence electrons. The van der Waals surface area contributed by atoms with Gasteiger partial charge in [0.1, 0.15) is 12.2 Å². The standard InChI is InChI=1S/C8H16O7/c1-4-6(11-2)5(9)7(14-15-10)8(12-3)13-4/h4-10H,1-3H3/p-1/t4?,5-,6+,7?,8+/m0/s1. The smallest absolute Gasteiger partial charge is 0.189 e. The molecule has 15 heavy (non-hydrogen) atoms. The summed E-state index contributed by atoms with van der Waals surface area (Å²) in [5, 5.41) is 23.0. The van der Waals surface area contributed by atoms with E-state index in [0.29, 0.717) is 0 Å². The van der Waals surface area contributed by atoms with E-state index in [4.69, 9.17) is 14.2 Å². The average molecular weight is 223 g/mol. The molecule has 1 heterocycles. The highest BCUT2D eigenvalue weighted by molar-refractivity contribution is 4.88. The lowest BCUT2D eigenvalue weighted by Crippen LogP contribution is -2.58. The van der Waals surface area contributed by atoms with Crippen molar-refractivity contribution in [1.29, 1.82) is 0 Å². The lowest BCUT2D eigenvalue weighted by molar-refractivity contribution is -0.808. The second-order valence-electron chi connectivity index (χ2n) is 3.27. The van der Waals surface area contributed by atoms with E-state index < -0.39 is 24.6 Å². The molecule has 1 aliphatic rings. The van der Waals surface area contributed by atoms with Crippen LogP contribution in [0, 0.1) is 0 Å². The molecule has 2 unspecified atom stereocenters. The van der Waals surface area contributed by atoms with Gasteiger partial charge in [0.15, 0.2) is 12.4 Å². The minimum absolute atomic E-state index is 0.374. The van der Waals surface area contributed by atoms with Crippen LogP contribution in [0.15, 0.2) is 0 Å². The van der Waals surface area contributed by atoms with E-state index in [1.165, 1.54) is 14.2 Å². The van der Waals surface area contributed by atoms with Gasteiger partial charge in [-0.25, -0.2) is 4.89 Å². The molecule has 0 spiro atoms. The first-order chi connectivity index (χ1) is 7.15. The van der Waals surface area contributed by atoms with Crippen molar-refractivity contribution in [1.82, 2.24) is 0 Å². The first-order valence-corrected chi connectivity index (χ1v) is 4.50. The van der Waals surface area contributed by atoms with E-state index in [1.807, 2.05) is 0 Å². The number of ether oxygens (including phenoxy) is 3. The molecule has 0 saturated carbocycles. The molecule has 0 aliphatic carbocycles. The van der Waals surface area contributed by atoms with Crippen molar-refractivity contribution in [2.24, 2.45) is 0 Å².